The van der Waals surface area contributed by atoms with E-state index in [2.05, 4.69) is 34.2 Å². The maximum atomic E-state index is 12.3. The molecular weight excluding hydrogens is 344 g/mol. The molecule has 1 aromatic heterocycles. The van der Waals surface area contributed by atoms with Gasteiger partial charge < -0.3 is 15.4 Å². The van der Waals surface area contributed by atoms with E-state index in [0.29, 0.717) is 13.1 Å². The van der Waals surface area contributed by atoms with Crippen molar-refractivity contribution in [2.75, 3.05) is 13.7 Å². The summed E-state index contributed by atoms with van der Waals surface area (Å²) in [5, 5.41) is 7.13. The van der Waals surface area contributed by atoms with Crippen LogP contribution in [0.25, 0.3) is 0 Å². The molecule has 1 heterocycles. The highest BCUT2D eigenvalue weighted by molar-refractivity contribution is 7.10. The first-order valence-electron chi connectivity index (χ1n) is 8.58. The van der Waals surface area contributed by atoms with Crippen LogP contribution in [0.15, 0.2) is 72.1 Å². The van der Waals surface area contributed by atoms with Crippen LogP contribution in [0.5, 0.6) is 5.75 Å². The average molecular weight is 367 g/mol. The second-order valence-electron chi connectivity index (χ2n) is 5.93. The molecule has 5 heteroatoms. The minimum Gasteiger partial charge on any atom is -0.496 e. The fourth-order valence-corrected chi connectivity index (χ4v) is 3.74. The number of rotatable bonds is 8. The van der Waals surface area contributed by atoms with Crippen molar-refractivity contribution in [2.45, 2.75) is 12.6 Å². The summed E-state index contributed by atoms with van der Waals surface area (Å²) in [6.07, 6.45) is 0. The summed E-state index contributed by atoms with van der Waals surface area (Å²) < 4.78 is 5.32. The zero-order valence-electron chi connectivity index (χ0n) is 14.7. The Morgan fingerprint density at radius 3 is 2.58 bits per heavy atom. The molecule has 0 spiro atoms. The number of carbonyl (C=O) groups is 1. The predicted molar refractivity (Wildman–Crippen MR) is 104 cm³/mol. The third-order valence-corrected chi connectivity index (χ3v) is 5.17. The third-order valence-electron chi connectivity index (χ3n) is 4.22. The highest BCUT2D eigenvalue weighted by Gasteiger charge is 2.19. The van der Waals surface area contributed by atoms with Gasteiger partial charge in [0, 0.05) is 17.7 Å². The molecule has 0 fully saturated rings. The van der Waals surface area contributed by atoms with E-state index in [0.717, 1.165) is 11.3 Å². The Bertz CT molecular complexity index is 819. The number of hydrogen-bond acceptors (Lipinski definition) is 3. The minimum atomic E-state index is 0.00777. The van der Waals surface area contributed by atoms with Gasteiger partial charge in [-0.3, -0.25) is 4.79 Å². The largest absolute Gasteiger partial charge is 0.496 e. The van der Waals surface area contributed by atoms with Crippen LogP contribution in [0.4, 0.5) is 0 Å². The number of carbonyl (C=O) groups excluding carboxylic acids is 1. The summed E-state index contributed by atoms with van der Waals surface area (Å²) in [7, 11) is 1.64. The minimum absolute atomic E-state index is 0.00777. The van der Waals surface area contributed by atoms with E-state index < -0.39 is 0 Å². The van der Waals surface area contributed by atoms with E-state index in [4.69, 9.17) is 4.74 Å². The SMILES string of the molecule is COc1ccccc1CNC(=O)C[NH2+][C@H](c1ccccc1)c1cccs1. The first-order chi connectivity index (χ1) is 12.8. The molecule has 0 bridgehead atoms. The smallest absolute Gasteiger partial charge is 0.275 e. The Kier molecular flexibility index (Phi) is 6.41. The van der Waals surface area contributed by atoms with Gasteiger partial charge in [-0.15, -0.1) is 11.3 Å². The van der Waals surface area contributed by atoms with Crippen LogP contribution >= 0.6 is 11.3 Å². The molecule has 2 aromatic carbocycles. The van der Waals surface area contributed by atoms with Crippen molar-refractivity contribution in [3.63, 3.8) is 0 Å². The molecule has 0 aliphatic heterocycles. The van der Waals surface area contributed by atoms with E-state index in [1.54, 1.807) is 18.4 Å². The number of amides is 1. The van der Waals surface area contributed by atoms with Crippen molar-refractivity contribution in [3.05, 3.63) is 88.1 Å². The maximum absolute atomic E-state index is 12.3. The highest BCUT2D eigenvalue weighted by Crippen LogP contribution is 2.22. The van der Waals surface area contributed by atoms with Gasteiger partial charge in [-0.2, -0.15) is 0 Å². The topological polar surface area (TPSA) is 54.9 Å². The number of nitrogens with one attached hydrogen (secondary N) is 1. The number of ether oxygens (including phenoxy) is 1. The molecule has 0 aliphatic rings. The Balaban J connectivity index is 1.60. The summed E-state index contributed by atoms with van der Waals surface area (Å²) in [6.45, 7) is 0.832. The van der Waals surface area contributed by atoms with Crippen LogP contribution in [0.3, 0.4) is 0 Å². The van der Waals surface area contributed by atoms with Gasteiger partial charge in [0.05, 0.1) is 12.0 Å². The zero-order chi connectivity index (χ0) is 18.2. The van der Waals surface area contributed by atoms with Crippen molar-refractivity contribution in [3.8, 4) is 5.75 Å². The molecular formula is C21H23N2O2S+. The lowest BCUT2D eigenvalue weighted by molar-refractivity contribution is -0.676. The zero-order valence-corrected chi connectivity index (χ0v) is 15.5. The summed E-state index contributed by atoms with van der Waals surface area (Å²) >= 11 is 1.71. The first kappa shape index (κ1) is 18.2. The molecule has 0 saturated heterocycles. The monoisotopic (exact) mass is 367 g/mol. The number of benzene rings is 2. The van der Waals surface area contributed by atoms with Crippen molar-refractivity contribution < 1.29 is 14.8 Å². The molecule has 0 radical (unpaired) electrons. The van der Waals surface area contributed by atoms with Gasteiger partial charge in [0.25, 0.3) is 5.91 Å². The Labute approximate surface area is 157 Å². The van der Waals surface area contributed by atoms with E-state index in [1.807, 2.05) is 48.5 Å². The molecule has 4 nitrogen and oxygen atoms in total. The van der Waals surface area contributed by atoms with Crippen molar-refractivity contribution in [2.24, 2.45) is 0 Å². The molecule has 1 amide bonds. The number of hydrogen-bond donors (Lipinski definition) is 2. The average Bonchev–Trinajstić information content (AvgIpc) is 3.22. The molecule has 3 aromatic rings. The highest BCUT2D eigenvalue weighted by atomic mass is 32.1. The molecule has 134 valence electrons. The number of quaternary nitrogens is 1. The van der Waals surface area contributed by atoms with Crippen LogP contribution in [0, 0.1) is 0 Å². The van der Waals surface area contributed by atoms with Gasteiger partial charge in [0.2, 0.25) is 0 Å². The molecule has 1 atom stereocenters. The van der Waals surface area contributed by atoms with E-state index >= 15 is 0 Å². The quantitative estimate of drug-likeness (QED) is 0.643. The molecule has 3 rings (SSSR count). The maximum Gasteiger partial charge on any atom is 0.275 e. The second kappa shape index (κ2) is 9.17. The molecule has 0 saturated carbocycles. The summed E-state index contributed by atoms with van der Waals surface area (Å²) in [5.74, 6) is 0.797. The molecule has 26 heavy (non-hydrogen) atoms. The normalized spacial score (nSPS) is 11.7. The number of methoxy groups -OCH3 is 1. The lowest BCUT2D eigenvalue weighted by atomic mass is 10.1. The molecule has 0 aliphatic carbocycles. The van der Waals surface area contributed by atoms with Crippen LogP contribution < -0.4 is 15.4 Å². The molecule has 3 N–H and O–H groups in total. The van der Waals surface area contributed by atoms with Crippen LogP contribution in [0.2, 0.25) is 0 Å². The second-order valence-corrected chi connectivity index (χ2v) is 6.91. The lowest BCUT2D eigenvalue weighted by Crippen LogP contribution is -2.87. The van der Waals surface area contributed by atoms with E-state index in [9.17, 15) is 4.79 Å². The first-order valence-corrected chi connectivity index (χ1v) is 9.46. The van der Waals surface area contributed by atoms with Gasteiger partial charge in [-0.25, -0.2) is 0 Å². The van der Waals surface area contributed by atoms with Crippen LogP contribution in [-0.4, -0.2) is 19.6 Å². The fourth-order valence-electron chi connectivity index (χ4n) is 2.88. The summed E-state index contributed by atoms with van der Waals surface area (Å²) in [4.78, 5) is 13.6. The molecule has 0 unspecified atom stereocenters. The van der Waals surface area contributed by atoms with Gasteiger partial charge in [0.1, 0.15) is 11.8 Å². The fraction of sp³-hybridized carbons (Fsp3) is 0.190. The van der Waals surface area contributed by atoms with Gasteiger partial charge >= 0.3 is 0 Å². The van der Waals surface area contributed by atoms with Crippen molar-refractivity contribution >= 4 is 17.2 Å². The predicted octanol–water partition coefficient (Wildman–Crippen LogP) is 2.73. The number of thiophene rings is 1. The van der Waals surface area contributed by atoms with Crippen LogP contribution in [-0.2, 0) is 11.3 Å². The van der Waals surface area contributed by atoms with Crippen molar-refractivity contribution in [1.29, 1.82) is 0 Å². The number of para-hydroxylation sites is 1. The Hall–Kier alpha value is -2.63. The number of nitrogens with two attached hydrogens (primary N) is 1. The van der Waals surface area contributed by atoms with E-state index in [-0.39, 0.29) is 11.9 Å². The standard InChI is InChI=1S/C21H22N2O2S/c1-25-18-11-6-5-10-17(18)14-22-20(24)15-23-21(19-12-7-13-26-19)16-8-3-2-4-9-16/h2-13,21,23H,14-15H2,1H3,(H,22,24)/p+1/t21-/m1/s1. The Morgan fingerprint density at radius 2 is 1.85 bits per heavy atom. The van der Waals surface area contributed by atoms with Gasteiger partial charge in [-0.05, 0) is 17.5 Å². The van der Waals surface area contributed by atoms with Gasteiger partial charge in [-0.1, -0.05) is 54.6 Å². The van der Waals surface area contributed by atoms with Crippen LogP contribution in [0.1, 0.15) is 22.0 Å². The summed E-state index contributed by atoms with van der Waals surface area (Å²) in [6, 6.07) is 22.3. The van der Waals surface area contributed by atoms with E-state index in [1.165, 1.54) is 10.4 Å². The lowest BCUT2D eigenvalue weighted by Gasteiger charge is -2.15. The third kappa shape index (κ3) is 4.71. The van der Waals surface area contributed by atoms with Crippen molar-refractivity contribution in [1.82, 2.24) is 5.32 Å². The Morgan fingerprint density at radius 1 is 1.08 bits per heavy atom. The summed E-state index contributed by atoms with van der Waals surface area (Å²) in [5.41, 5.74) is 2.17. The van der Waals surface area contributed by atoms with Gasteiger partial charge in [0.15, 0.2) is 6.54 Å².